The highest BCUT2D eigenvalue weighted by Gasteiger charge is 2.16. The molecule has 0 unspecified atom stereocenters. The van der Waals surface area contributed by atoms with Crippen LogP contribution >= 0.6 is 23.2 Å². The van der Waals surface area contributed by atoms with Crippen LogP contribution in [0.2, 0.25) is 10.0 Å². The predicted octanol–water partition coefficient (Wildman–Crippen LogP) is 4.62. The summed E-state index contributed by atoms with van der Waals surface area (Å²) in [6.45, 7) is 3.59. The summed E-state index contributed by atoms with van der Waals surface area (Å²) in [4.78, 5) is 18.1. The molecule has 28 heavy (non-hydrogen) atoms. The first-order chi connectivity index (χ1) is 13.5. The van der Waals surface area contributed by atoms with Gasteiger partial charge in [0.25, 0.3) is 5.91 Å². The molecule has 1 amide bonds. The molecular formula is C20H22Cl2N4O2. The highest BCUT2D eigenvalue weighted by molar-refractivity contribution is 6.35. The number of hydrogen-bond donors (Lipinski definition) is 1. The molecule has 1 saturated heterocycles. The maximum atomic E-state index is 12.2. The summed E-state index contributed by atoms with van der Waals surface area (Å²) in [6, 6.07) is 9.02. The number of nitrogens with one attached hydrogen (secondary N) is 1. The summed E-state index contributed by atoms with van der Waals surface area (Å²) < 4.78 is 5.63. The maximum absolute atomic E-state index is 12.2. The molecule has 0 spiro atoms. The molecule has 2 heterocycles. The van der Waals surface area contributed by atoms with Crippen molar-refractivity contribution in [2.45, 2.75) is 26.2 Å². The van der Waals surface area contributed by atoms with Crippen LogP contribution in [0.4, 0.5) is 5.82 Å². The Morgan fingerprint density at radius 2 is 1.93 bits per heavy atom. The number of hydrazone groups is 1. The minimum Gasteiger partial charge on any atom is -0.484 e. The molecule has 0 bridgehead atoms. The van der Waals surface area contributed by atoms with E-state index in [4.69, 9.17) is 27.9 Å². The molecule has 1 fully saturated rings. The van der Waals surface area contributed by atoms with Crippen LogP contribution in [0.3, 0.4) is 0 Å². The van der Waals surface area contributed by atoms with Gasteiger partial charge in [-0.05, 0) is 62.1 Å². The Balaban J connectivity index is 1.54. The van der Waals surface area contributed by atoms with Gasteiger partial charge in [-0.1, -0.05) is 23.2 Å². The molecule has 0 saturated carbocycles. The predicted molar refractivity (Wildman–Crippen MR) is 112 cm³/mol. The summed E-state index contributed by atoms with van der Waals surface area (Å²) in [5, 5.41) is 5.15. The van der Waals surface area contributed by atoms with Crippen molar-refractivity contribution in [2.24, 2.45) is 5.10 Å². The van der Waals surface area contributed by atoms with Crippen LogP contribution < -0.4 is 10.2 Å². The second-order valence-electron chi connectivity index (χ2n) is 6.55. The third-order valence-corrected chi connectivity index (χ3v) is 4.98. The fourth-order valence-electron chi connectivity index (χ4n) is 2.87. The number of ether oxygens (including phenoxy) is 1. The van der Waals surface area contributed by atoms with Gasteiger partial charge in [0.15, 0.2) is 12.4 Å². The topological polar surface area (TPSA) is 66.8 Å². The normalized spacial score (nSPS) is 14.7. The Hall–Kier alpha value is -2.31. The first kappa shape index (κ1) is 20.4. The lowest BCUT2D eigenvalue weighted by Gasteiger charge is -2.26. The Bertz CT molecular complexity index is 850. The van der Waals surface area contributed by atoms with Crippen LogP contribution in [-0.4, -0.2) is 41.2 Å². The number of amides is 1. The highest BCUT2D eigenvalue weighted by atomic mass is 35.5. The average Bonchev–Trinajstić information content (AvgIpc) is 2.72. The van der Waals surface area contributed by atoms with E-state index in [1.807, 2.05) is 36.1 Å². The van der Waals surface area contributed by atoms with Gasteiger partial charge in [0.1, 0.15) is 5.75 Å². The molecule has 1 aromatic carbocycles. The first-order valence-corrected chi connectivity index (χ1v) is 9.91. The Morgan fingerprint density at radius 1 is 1.21 bits per heavy atom. The van der Waals surface area contributed by atoms with E-state index in [9.17, 15) is 4.79 Å². The molecule has 1 aromatic heterocycles. The second-order valence-corrected chi connectivity index (χ2v) is 7.39. The van der Waals surface area contributed by atoms with Crippen molar-refractivity contribution < 1.29 is 9.53 Å². The number of piperidine rings is 1. The van der Waals surface area contributed by atoms with E-state index in [0.29, 0.717) is 21.6 Å². The molecular weight excluding hydrogens is 399 g/mol. The van der Waals surface area contributed by atoms with E-state index in [0.717, 1.165) is 37.2 Å². The lowest BCUT2D eigenvalue weighted by molar-refractivity contribution is -0.134. The summed E-state index contributed by atoms with van der Waals surface area (Å²) >= 11 is 11.9. The van der Waals surface area contributed by atoms with Gasteiger partial charge >= 0.3 is 0 Å². The smallest absolute Gasteiger partial charge is 0.260 e. The van der Waals surface area contributed by atoms with Gasteiger partial charge in [-0.3, -0.25) is 10.2 Å². The van der Waals surface area contributed by atoms with E-state index in [-0.39, 0.29) is 12.5 Å². The monoisotopic (exact) mass is 420 g/mol. The summed E-state index contributed by atoms with van der Waals surface area (Å²) in [6.07, 6.45) is 4.84. The number of carbonyl (C=O) groups is 1. The van der Waals surface area contributed by atoms with Crippen LogP contribution in [0.15, 0.2) is 41.6 Å². The van der Waals surface area contributed by atoms with Crippen LogP contribution in [0.1, 0.15) is 31.7 Å². The Labute approximate surface area is 174 Å². The molecule has 0 radical (unpaired) electrons. The first-order valence-electron chi connectivity index (χ1n) is 9.15. The zero-order valence-electron chi connectivity index (χ0n) is 15.6. The Kier molecular flexibility index (Phi) is 7.12. The van der Waals surface area contributed by atoms with Gasteiger partial charge in [0.2, 0.25) is 0 Å². The molecule has 8 heteroatoms. The fraction of sp³-hybridized carbons (Fsp3) is 0.350. The van der Waals surface area contributed by atoms with Gasteiger partial charge < -0.3 is 9.64 Å². The van der Waals surface area contributed by atoms with E-state index in [1.54, 1.807) is 6.07 Å². The maximum Gasteiger partial charge on any atom is 0.260 e. The molecule has 1 aliphatic rings. The summed E-state index contributed by atoms with van der Waals surface area (Å²) in [7, 11) is 0. The van der Waals surface area contributed by atoms with Crippen molar-refractivity contribution in [3.05, 3.63) is 52.1 Å². The van der Waals surface area contributed by atoms with Gasteiger partial charge in [0.05, 0.1) is 15.8 Å². The van der Waals surface area contributed by atoms with Gasteiger partial charge in [-0.2, -0.15) is 5.10 Å². The lowest BCUT2D eigenvalue weighted by Crippen LogP contribution is -2.38. The van der Waals surface area contributed by atoms with E-state index in [1.165, 1.54) is 12.6 Å². The third-order valence-electron chi connectivity index (χ3n) is 4.48. The second kappa shape index (κ2) is 9.75. The number of halogens is 2. The van der Waals surface area contributed by atoms with Crippen molar-refractivity contribution >= 4 is 40.6 Å². The quantitative estimate of drug-likeness (QED) is 0.546. The molecule has 1 aliphatic heterocycles. The number of pyridine rings is 1. The molecule has 6 nitrogen and oxygen atoms in total. The number of carbonyl (C=O) groups excluding carboxylic acids is 1. The minimum absolute atomic E-state index is 0.0399. The summed E-state index contributed by atoms with van der Waals surface area (Å²) in [5.41, 5.74) is 4.50. The van der Waals surface area contributed by atoms with Gasteiger partial charge in [0, 0.05) is 19.3 Å². The van der Waals surface area contributed by atoms with Crippen molar-refractivity contribution in [3.63, 3.8) is 0 Å². The van der Waals surface area contributed by atoms with Crippen LogP contribution in [-0.2, 0) is 4.79 Å². The van der Waals surface area contributed by atoms with Crippen LogP contribution in [0.5, 0.6) is 5.75 Å². The standard InChI is InChI=1S/C20H22Cl2N4O2/c1-14(24-25-20-18(22)11-16(21)12-23-20)15-5-7-17(8-6-15)28-13-19(27)26-9-3-2-4-10-26/h5-8,11-12H,2-4,9-10,13H2,1H3,(H,23,25)/b24-14-. The lowest BCUT2D eigenvalue weighted by atomic mass is 10.1. The number of benzene rings is 1. The highest BCUT2D eigenvalue weighted by Crippen LogP contribution is 2.22. The third kappa shape index (κ3) is 5.59. The number of likely N-dealkylation sites (tertiary alicyclic amines) is 1. The fourth-order valence-corrected chi connectivity index (χ4v) is 3.29. The van der Waals surface area contributed by atoms with E-state index < -0.39 is 0 Å². The molecule has 1 N–H and O–H groups in total. The SMILES string of the molecule is C/C(=N/Nc1ncc(Cl)cc1Cl)c1ccc(OCC(=O)N2CCCCC2)cc1. The molecule has 148 valence electrons. The average molecular weight is 421 g/mol. The van der Waals surface area contributed by atoms with E-state index >= 15 is 0 Å². The largest absolute Gasteiger partial charge is 0.484 e. The molecule has 0 atom stereocenters. The van der Waals surface area contributed by atoms with Crippen LogP contribution in [0, 0.1) is 0 Å². The molecule has 0 aliphatic carbocycles. The molecule has 3 rings (SSSR count). The summed E-state index contributed by atoms with van der Waals surface area (Å²) in [5.74, 6) is 1.12. The number of anilines is 1. The number of hydrogen-bond acceptors (Lipinski definition) is 5. The number of nitrogens with zero attached hydrogens (tertiary/aromatic N) is 3. The van der Waals surface area contributed by atoms with Crippen LogP contribution in [0.25, 0.3) is 0 Å². The minimum atomic E-state index is 0.0399. The van der Waals surface area contributed by atoms with Crippen molar-refractivity contribution in [1.82, 2.24) is 9.88 Å². The Morgan fingerprint density at radius 3 is 2.61 bits per heavy atom. The zero-order valence-corrected chi connectivity index (χ0v) is 17.1. The molecule has 2 aromatic rings. The van der Waals surface area contributed by atoms with Crippen molar-refractivity contribution in [2.75, 3.05) is 25.1 Å². The van der Waals surface area contributed by atoms with E-state index in [2.05, 4.69) is 15.5 Å². The van der Waals surface area contributed by atoms with Crippen molar-refractivity contribution in [1.29, 1.82) is 0 Å². The van der Waals surface area contributed by atoms with Crippen molar-refractivity contribution in [3.8, 4) is 5.75 Å². The number of rotatable bonds is 6. The number of aromatic nitrogens is 1. The zero-order chi connectivity index (χ0) is 19.9. The van der Waals surface area contributed by atoms with Gasteiger partial charge in [-0.15, -0.1) is 0 Å². The van der Waals surface area contributed by atoms with Gasteiger partial charge in [-0.25, -0.2) is 4.98 Å².